The van der Waals surface area contributed by atoms with Crippen molar-refractivity contribution in [1.29, 1.82) is 0 Å². The van der Waals surface area contributed by atoms with Crippen LogP contribution in [-0.4, -0.2) is 43.5 Å². The maximum absolute atomic E-state index is 12.8. The molecule has 6 heteroatoms. The van der Waals surface area contributed by atoms with Crippen molar-refractivity contribution < 1.29 is 4.79 Å². The van der Waals surface area contributed by atoms with Crippen molar-refractivity contribution in [2.24, 2.45) is 23.7 Å². The molecule has 0 bridgehead atoms. The summed E-state index contributed by atoms with van der Waals surface area (Å²) in [6.45, 7) is 8.81. The van der Waals surface area contributed by atoms with Gasteiger partial charge >= 0.3 is 0 Å². The van der Waals surface area contributed by atoms with Crippen molar-refractivity contribution in [2.75, 3.05) is 42.9 Å². The quantitative estimate of drug-likeness (QED) is 0.749. The van der Waals surface area contributed by atoms with Crippen molar-refractivity contribution >= 4 is 17.3 Å². The van der Waals surface area contributed by atoms with Gasteiger partial charge in [0.15, 0.2) is 0 Å². The number of anilines is 2. The number of nitrogens with one attached hydrogen (secondary N) is 1. The summed E-state index contributed by atoms with van der Waals surface area (Å²) in [6, 6.07) is 0. The third-order valence-corrected chi connectivity index (χ3v) is 7.84. The molecule has 3 fully saturated rings. The monoisotopic (exact) mass is 415 g/mol. The van der Waals surface area contributed by atoms with Crippen LogP contribution in [0, 0.1) is 23.7 Å². The van der Waals surface area contributed by atoms with Crippen LogP contribution >= 0.6 is 0 Å². The molecule has 1 saturated carbocycles. The van der Waals surface area contributed by atoms with Crippen LogP contribution < -0.4 is 21.1 Å². The number of nitrogens with zero attached hydrogens (tertiary/aromatic N) is 2. The van der Waals surface area contributed by atoms with E-state index in [1.165, 1.54) is 0 Å². The second-order valence-electron chi connectivity index (χ2n) is 10.2. The van der Waals surface area contributed by atoms with E-state index < -0.39 is 0 Å². The largest absolute Gasteiger partial charge is 0.380 e. The first-order chi connectivity index (χ1) is 14.4. The van der Waals surface area contributed by atoms with Crippen LogP contribution in [-0.2, 0) is 4.79 Å². The summed E-state index contributed by atoms with van der Waals surface area (Å²) in [7, 11) is 0. The Labute approximate surface area is 179 Å². The topological polar surface area (TPSA) is 69.7 Å². The Morgan fingerprint density at radius 3 is 2.00 bits per heavy atom. The summed E-state index contributed by atoms with van der Waals surface area (Å²) in [6.07, 6.45) is 8.33. The van der Waals surface area contributed by atoms with Crippen molar-refractivity contribution in [1.82, 2.24) is 4.90 Å². The third kappa shape index (κ3) is 4.42. The average Bonchev–Trinajstić information content (AvgIpc) is 2.77. The number of piperidine rings is 2. The van der Waals surface area contributed by atoms with Crippen molar-refractivity contribution in [2.45, 2.75) is 65.2 Å². The zero-order chi connectivity index (χ0) is 21.3. The Bertz CT molecular complexity index is 804. The van der Waals surface area contributed by atoms with Gasteiger partial charge in [0.25, 0.3) is 10.9 Å². The molecule has 2 heterocycles. The predicted molar refractivity (Wildman–Crippen MR) is 121 cm³/mol. The van der Waals surface area contributed by atoms with E-state index in [4.69, 9.17) is 0 Å². The SMILES string of the molecule is CC1CCN(C(=O)C2CCC(CNc3c(N4CCC(C)CC4)c(=O)c3=O)CC2)CC1. The van der Waals surface area contributed by atoms with Crippen LogP contribution in [0.15, 0.2) is 9.59 Å². The van der Waals surface area contributed by atoms with Gasteiger partial charge < -0.3 is 15.1 Å². The third-order valence-electron chi connectivity index (χ3n) is 7.84. The first-order valence-corrected chi connectivity index (χ1v) is 12.0. The highest BCUT2D eigenvalue weighted by molar-refractivity contribution is 5.79. The van der Waals surface area contributed by atoms with E-state index in [9.17, 15) is 14.4 Å². The molecule has 1 amide bonds. The first-order valence-electron chi connectivity index (χ1n) is 12.0. The van der Waals surface area contributed by atoms with Gasteiger partial charge in [0.05, 0.1) is 0 Å². The highest BCUT2D eigenvalue weighted by Crippen LogP contribution is 2.32. The molecule has 0 atom stereocenters. The number of amides is 1. The van der Waals surface area contributed by atoms with Crippen LogP contribution in [0.1, 0.15) is 65.2 Å². The number of hydrogen-bond donors (Lipinski definition) is 1. The lowest BCUT2D eigenvalue weighted by Crippen LogP contribution is -2.46. The molecular weight excluding hydrogens is 378 g/mol. The standard InChI is InChI=1S/C24H37N3O3/c1-16-7-11-26(12-8-16)21-20(22(28)23(21)29)25-15-18-3-5-19(6-4-18)24(30)27-13-9-17(2)10-14-27/h16-19,25H,3-15H2,1-2H3. The van der Waals surface area contributed by atoms with E-state index in [0.717, 1.165) is 90.0 Å². The summed E-state index contributed by atoms with van der Waals surface area (Å²) in [5.41, 5.74) is 0.481. The van der Waals surface area contributed by atoms with Gasteiger partial charge in [-0.1, -0.05) is 13.8 Å². The summed E-state index contributed by atoms with van der Waals surface area (Å²) in [5, 5.41) is 3.31. The smallest absolute Gasteiger partial charge is 0.253 e. The molecule has 0 aromatic heterocycles. The summed E-state index contributed by atoms with van der Waals surface area (Å²) < 4.78 is 0. The van der Waals surface area contributed by atoms with Crippen LogP contribution in [0.5, 0.6) is 0 Å². The van der Waals surface area contributed by atoms with Crippen LogP contribution in [0.25, 0.3) is 0 Å². The van der Waals surface area contributed by atoms with Crippen LogP contribution in [0.3, 0.4) is 0 Å². The zero-order valence-corrected chi connectivity index (χ0v) is 18.6. The van der Waals surface area contributed by atoms with Gasteiger partial charge in [0, 0.05) is 38.6 Å². The number of hydrogen-bond acceptors (Lipinski definition) is 5. The Morgan fingerprint density at radius 1 is 0.833 bits per heavy atom. The maximum Gasteiger partial charge on any atom is 0.253 e. The molecule has 0 spiro atoms. The summed E-state index contributed by atoms with van der Waals surface area (Å²) >= 11 is 0. The lowest BCUT2D eigenvalue weighted by Gasteiger charge is -2.36. The predicted octanol–water partition coefficient (Wildman–Crippen LogP) is 3.00. The molecule has 30 heavy (non-hydrogen) atoms. The molecule has 2 saturated heterocycles. The molecule has 4 rings (SSSR count). The van der Waals surface area contributed by atoms with Crippen molar-refractivity contribution in [3.63, 3.8) is 0 Å². The highest BCUT2D eigenvalue weighted by atomic mass is 16.2. The molecule has 0 radical (unpaired) electrons. The second-order valence-corrected chi connectivity index (χ2v) is 10.2. The molecule has 166 valence electrons. The van der Waals surface area contributed by atoms with E-state index in [2.05, 4.69) is 29.0 Å². The van der Waals surface area contributed by atoms with E-state index in [-0.39, 0.29) is 16.8 Å². The molecule has 1 aliphatic carbocycles. The minimum Gasteiger partial charge on any atom is -0.380 e. The fraction of sp³-hybridized carbons (Fsp3) is 0.792. The Hall–Kier alpha value is -1.85. The Morgan fingerprint density at radius 2 is 1.40 bits per heavy atom. The number of rotatable bonds is 5. The van der Waals surface area contributed by atoms with E-state index in [1.54, 1.807) is 0 Å². The number of carbonyl (C=O) groups is 1. The second kappa shape index (κ2) is 9.11. The van der Waals surface area contributed by atoms with Crippen molar-refractivity contribution in [3.8, 4) is 0 Å². The van der Waals surface area contributed by atoms with E-state index >= 15 is 0 Å². The average molecular weight is 416 g/mol. The van der Waals surface area contributed by atoms with E-state index in [1.807, 2.05) is 0 Å². The molecule has 1 aromatic carbocycles. The first kappa shape index (κ1) is 21.4. The number of likely N-dealkylation sites (tertiary alicyclic amines) is 1. The fourth-order valence-electron chi connectivity index (χ4n) is 5.42. The molecule has 2 aliphatic heterocycles. The lowest BCUT2D eigenvalue weighted by molar-refractivity contribution is -0.138. The zero-order valence-electron chi connectivity index (χ0n) is 18.6. The fourth-order valence-corrected chi connectivity index (χ4v) is 5.42. The van der Waals surface area contributed by atoms with Gasteiger partial charge in [0.1, 0.15) is 11.4 Å². The summed E-state index contributed by atoms with van der Waals surface area (Å²) in [5.74, 6) is 2.43. The minimum absolute atomic E-state index is 0.173. The number of carbonyl (C=O) groups excluding carboxylic acids is 1. The van der Waals surface area contributed by atoms with Crippen molar-refractivity contribution in [3.05, 3.63) is 20.4 Å². The minimum atomic E-state index is -0.355. The van der Waals surface area contributed by atoms with Gasteiger partial charge in [-0.25, -0.2) is 0 Å². The van der Waals surface area contributed by atoms with Crippen LogP contribution in [0.2, 0.25) is 0 Å². The summed E-state index contributed by atoms with van der Waals surface area (Å²) in [4.78, 5) is 41.3. The van der Waals surface area contributed by atoms with E-state index in [0.29, 0.717) is 29.1 Å². The molecule has 6 nitrogen and oxygen atoms in total. The van der Waals surface area contributed by atoms with Crippen LogP contribution in [0.4, 0.5) is 11.4 Å². The Kier molecular flexibility index (Phi) is 6.49. The normalized spacial score (nSPS) is 26.9. The molecule has 3 aliphatic rings. The lowest BCUT2D eigenvalue weighted by atomic mass is 9.81. The molecular formula is C24H37N3O3. The van der Waals surface area contributed by atoms with Gasteiger partial charge in [0.2, 0.25) is 5.91 Å². The Balaban J connectivity index is 1.26. The van der Waals surface area contributed by atoms with Gasteiger partial charge in [-0.05, 0) is 69.1 Å². The van der Waals surface area contributed by atoms with Gasteiger partial charge in [-0.15, -0.1) is 0 Å². The van der Waals surface area contributed by atoms with Gasteiger partial charge in [-0.3, -0.25) is 14.4 Å². The highest BCUT2D eigenvalue weighted by Gasteiger charge is 2.32. The molecule has 1 aromatic rings. The maximum atomic E-state index is 12.8. The molecule has 0 unspecified atom stereocenters. The van der Waals surface area contributed by atoms with Gasteiger partial charge in [-0.2, -0.15) is 0 Å². The molecule has 1 N–H and O–H groups in total.